The third kappa shape index (κ3) is 3.39. The number of nitrogens with one attached hydrogen (secondary N) is 1. The minimum Gasteiger partial charge on any atom is -0.316 e. The second-order valence-corrected chi connectivity index (χ2v) is 7.76. The highest BCUT2D eigenvalue weighted by molar-refractivity contribution is 7.10. The predicted molar refractivity (Wildman–Crippen MR) is 84.9 cm³/mol. The van der Waals surface area contributed by atoms with Crippen LogP contribution in [0.2, 0.25) is 0 Å². The first-order valence-electron chi connectivity index (χ1n) is 7.41. The second-order valence-electron chi connectivity index (χ2n) is 6.76. The SMILES string of the molecule is CNC(CCN1CCc2sccc2C1C)C(C)(C)C. The lowest BCUT2D eigenvalue weighted by molar-refractivity contribution is 0.168. The zero-order valence-corrected chi connectivity index (χ0v) is 13.8. The third-order valence-corrected chi connectivity index (χ3v) is 5.50. The molecule has 0 amide bonds. The molecule has 1 aliphatic heterocycles. The summed E-state index contributed by atoms with van der Waals surface area (Å²) >= 11 is 1.93. The molecule has 0 spiro atoms. The molecule has 0 fully saturated rings. The van der Waals surface area contributed by atoms with Gasteiger partial charge in [0, 0.05) is 30.1 Å². The van der Waals surface area contributed by atoms with E-state index >= 15 is 0 Å². The van der Waals surface area contributed by atoms with E-state index in [-0.39, 0.29) is 0 Å². The van der Waals surface area contributed by atoms with E-state index in [0.29, 0.717) is 17.5 Å². The fraction of sp³-hybridized carbons (Fsp3) is 0.750. The first-order valence-corrected chi connectivity index (χ1v) is 8.29. The monoisotopic (exact) mass is 280 g/mol. The summed E-state index contributed by atoms with van der Waals surface area (Å²) in [4.78, 5) is 4.25. The van der Waals surface area contributed by atoms with Crippen LogP contribution in [-0.2, 0) is 6.42 Å². The Morgan fingerprint density at radius 1 is 1.47 bits per heavy atom. The molecule has 2 nitrogen and oxygen atoms in total. The summed E-state index contributed by atoms with van der Waals surface area (Å²) in [7, 11) is 2.09. The molecule has 0 saturated carbocycles. The van der Waals surface area contributed by atoms with Gasteiger partial charge in [-0.2, -0.15) is 0 Å². The Hall–Kier alpha value is -0.380. The summed E-state index contributed by atoms with van der Waals surface area (Å²) in [5.74, 6) is 0. The summed E-state index contributed by atoms with van der Waals surface area (Å²) in [6.07, 6.45) is 2.46. The van der Waals surface area contributed by atoms with E-state index in [1.54, 1.807) is 10.4 Å². The van der Waals surface area contributed by atoms with Crippen molar-refractivity contribution >= 4 is 11.3 Å². The molecular formula is C16H28N2S. The largest absolute Gasteiger partial charge is 0.316 e. The van der Waals surface area contributed by atoms with Gasteiger partial charge in [-0.1, -0.05) is 20.8 Å². The van der Waals surface area contributed by atoms with Crippen molar-refractivity contribution in [3.63, 3.8) is 0 Å². The molecule has 1 N–H and O–H groups in total. The highest BCUT2D eigenvalue weighted by Gasteiger charge is 2.27. The standard InChI is InChI=1S/C16H28N2S/c1-12-13-8-11-19-14(13)6-9-18(12)10-7-15(17-5)16(2,3)4/h8,11-12,15,17H,6-7,9-10H2,1-5H3. The lowest BCUT2D eigenvalue weighted by Crippen LogP contribution is -2.42. The molecule has 0 saturated heterocycles. The minimum absolute atomic E-state index is 0.335. The lowest BCUT2D eigenvalue weighted by atomic mass is 9.84. The Labute approximate surface area is 122 Å². The van der Waals surface area contributed by atoms with Gasteiger partial charge in [-0.15, -0.1) is 11.3 Å². The van der Waals surface area contributed by atoms with E-state index in [2.05, 4.69) is 56.4 Å². The Kier molecular flexibility index (Phi) is 4.70. The molecule has 0 bridgehead atoms. The minimum atomic E-state index is 0.335. The molecule has 2 unspecified atom stereocenters. The Bertz CT molecular complexity index is 405. The summed E-state index contributed by atoms with van der Waals surface area (Å²) in [6.45, 7) is 11.7. The van der Waals surface area contributed by atoms with Crippen molar-refractivity contribution in [3.05, 3.63) is 21.9 Å². The van der Waals surface area contributed by atoms with Crippen LogP contribution in [0.15, 0.2) is 11.4 Å². The summed E-state index contributed by atoms with van der Waals surface area (Å²) in [6, 6.07) is 3.49. The quantitative estimate of drug-likeness (QED) is 0.905. The van der Waals surface area contributed by atoms with E-state index in [1.165, 1.54) is 25.9 Å². The average molecular weight is 280 g/mol. The fourth-order valence-corrected chi connectivity index (χ4v) is 4.13. The van der Waals surface area contributed by atoms with Crippen molar-refractivity contribution in [2.75, 3.05) is 20.1 Å². The highest BCUT2D eigenvalue weighted by Crippen LogP contribution is 2.33. The Balaban J connectivity index is 1.94. The third-order valence-electron chi connectivity index (χ3n) is 4.50. The van der Waals surface area contributed by atoms with Crippen molar-refractivity contribution in [2.45, 2.75) is 52.6 Å². The van der Waals surface area contributed by atoms with Gasteiger partial charge >= 0.3 is 0 Å². The Morgan fingerprint density at radius 2 is 2.21 bits per heavy atom. The van der Waals surface area contributed by atoms with Crippen LogP contribution in [0.4, 0.5) is 0 Å². The first-order chi connectivity index (χ1) is 8.93. The normalized spacial score (nSPS) is 22.3. The van der Waals surface area contributed by atoms with Gasteiger partial charge in [-0.25, -0.2) is 0 Å². The highest BCUT2D eigenvalue weighted by atomic mass is 32.1. The predicted octanol–water partition coefficient (Wildman–Crippen LogP) is 3.69. The van der Waals surface area contributed by atoms with Gasteiger partial charge in [0.2, 0.25) is 0 Å². The molecule has 1 aromatic rings. The van der Waals surface area contributed by atoms with E-state index in [0.717, 1.165) is 0 Å². The zero-order valence-electron chi connectivity index (χ0n) is 13.0. The molecule has 0 aliphatic carbocycles. The maximum Gasteiger partial charge on any atom is 0.0331 e. The fourth-order valence-electron chi connectivity index (χ4n) is 3.17. The summed E-state index contributed by atoms with van der Waals surface area (Å²) < 4.78 is 0. The molecule has 3 heteroatoms. The number of rotatable bonds is 4. The summed E-state index contributed by atoms with van der Waals surface area (Å²) in [5, 5.41) is 5.73. The van der Waals surface area contributed by atoms with E-state index in [4.69, 9.17) is 0 Å². The zero-order chi connectivity index (χ0) is 14.0. The van der Waals surface area contributed by atoms with Crippen LogP contribution in [-0.4, -0.2) is 31.1 Å². The second kappa shape index (κ2) is 5.94. The molecular weight excluding hydrogens is 252 g/mol. The maximum absolute atomic E-state index is 3.49. The van der Waals surface area contributed by atoms with E-state index in [1.807, 2.05) is 11.3 Å². The molecule has 2 heterocycles. The van der Waals surface area contributed by atoms with Gasteiger partial charge in [-0.05, 0) is 49.2 Å². The van der Waals surface area contributed by atoms with Crippen LogP contribution < -0.4 is 5.32 Å². The number of nitrogens with zero attached hydrogens (tertiary/aromatic N) is 1. The van der Waals surface area contributed by atoms with Gasteiger partial charge in [0.1, 0.15) is 0 Å². The van der Waals surface area contributed by atoms with Crippen molar-refractivity contribution in [3.8, 4) is 0 Å². The number of hydrogen-bond acceptors (Lipinski definition) is 3. The van der Waals surface area contributed by atoms with Crippen molar-refractivity contribution < 1.29 is 0 Å². The van der Waals surface area contributed by atoms with Crippen LogP contribution in [0, 0.1) is 5.41 Å². The lowest BCUT2D eigenvalue weighted by Gasteiger charge is -2.37. The number of fused-ring (bicyclic) bond motifs is 1. The molecule has 19 heavy (non-hydrogen) atoms. The van der Waals surface area contributed by atoms with Gasteiger partial charge in [0.05, 0.1) is 0 Å². The topological polar surface area (TPSA) is 15.3 Å². The van der Waals surface area contributed by atoms with Gasteiger partial charge < -0.3 is 5.32 Å². The van der Waals surface area contributed by atoms with Crippen LogP contribution in [0.1, 0.15) is 50.6 Å². The van der Waals surface area contributed by atoms with E-state index < -0.39 is 0 Å². The molecule has 0 radical (unpaired) electrons. The smallest absolute Gasteiger partial charge is 0.0331 e. The molecule has 108 valence electrons. The van der Waals surface area contributed by atoms with Crippen LogP contribution in [0.25, 0.3) is 0 Å². The maximum atomic E-state index is 3.49. The van der Waals surface area contributed by atoms with Crippen molar-refractivity contribution in [1.82, 2.24) is 10.2 Å². The molecule has 2 rings (SSSR count). The molecule has 1 aliphatic rings. The first kappa shape index (κ1) is 15.0. The number of hydrogen-bond donors (Lipinski definition) is 1. The van der Waals surface area contributed by atoms with Gasteiger partial charge in [0.15, 0.2) is 0 Å². The van der Waals surface area contributed by atoms with E-state index in [9.17, 15) is 0 Å². The van der Waals surface area contributed by atoms with Crippen LogP contribution in [0.5, 0.6) is 0 Å². The van der Waals surface area contributed by atoms with Crippen LogP contribution in [0.3, 0.4) is 0 Å². The number of thiophene rings is 1. The van der Waals surface area contributed by atoms with Gasteiger partial charge in [0.25, 0.3) is 0 Å². The Morgan fingerprint density at radius 3 is 2.84 bits per heavy atom. The molecule has 0 aromatic carbocycles. The average Bonchev–Trinajstić information content (AvgIpc) is 2.80. The van der Waals surface area contributed by atoms with Gasteiger partial charge in [-0.3, -0.25) is 4.90 Å². The van der Waals surface area contributed by atoms with Crippen molar-refractivity contribution in [1.29, 1.82) is 0 Å². The van der Waals surface area contributed by atoms with Crippen molar-refractivity contribution in [2.24, 2.45) is 5.41 Å². The molecule has 1 aromatic heterocycles. The summed E-state index contributed by atoms with van der Waals surface area (Å²) in [5.41, 5.74) is 1.90. The van der Waals surface area contributed by atoms with Crippen LogP contribution >= 0.6 is 11.3 Å². The molecule has 2 atom stereocenters.